The minimum Gasteiger partial charge on any atom is -0.497 e. The summed E-state index contributed by atoms with van der Waals surface area (Å²) < 4.78 is 31.3. The molecule has 9 nitrogen and oxygen atoms in total. The van der Waals surface area contributed by atoms with Crippen molar-refractivity contribution in [3.05, 3.63) is 64.7 Å². The van der Waals surface area contributed by atoms with Gasteiger partial charge in [0, 0.05) is 23.8 Å². The Balaban J connectivity index is 2.03. The first-order valence-corrected chi connectivity index (χ1v) is 8.77. The van der Waals surface area contributed by atoms with Gasteiger partial charge in [0.05, 0.1) is 22.6 Å². The van der Waals surface area contributed by atoms with Gasteiger partial charge in [0.1, 0.15) is 11.6 Å². The second-order valence-corrected chi connectivity index (χ2v) is 7.05. The van der Waals surface area contributed by atoms with Gasteiger partial charge in [-0.3, -0.25) is 10.1 Å². The van der Waals surface area contributed by atoms with Crippen LogP contribution in [0.4, 0.5) is 11.5 Å². The van der Waals surface area contributed by atoms with Crippen LogP contribution in [0.15, 0.2) is 59.5 Å². The van der Waals surface area contributed by atoms with Crippen LogP contribution >= 0.6 is 0 Å². The van der Waals surface area contributed by atoms with E-state index in [0.717, 1.165) is 24.3 Å². The smallest absolute Gasteiger partial charge is 0.284 e. The van der Waals surface area contributed by atoms with Gasteiger partial charge >= 0.3 is 0 Å². The van der Waals surface area contributed by atoms with E-state index in [1.54, 1.807) is 24.3 Å². The third kappa shape index (κ3) is 3.09. The SMILES string of the molecule is COc1cccc(-c2cc(N)n(S(=O)(=O)c3ccc([N+](=O)[O-])cc3)n2)c1. The summed E-state index contributed by atoms with van der Waals surface area (Å²) >= 11 is 0. The summed E-state index contributed by atoms with van der Waals surface area (Å²) in [6, 6.07) is 12.9. The Kier molecular flexibility index (Phi) is 4.34. The number of ether oxygens (including phenoxy) is 1. The van der Waals surface area contributed by atoms with E-state index in [-0.39, 0.29) is 16.4 Å². The number of nitro benzene ring substituents is 1. The van der Waals surface area contributed by atoms with Gasteiger partial charge < -0.3 is 10.5 Å². The minimum atomic E-state index is -4.09. The Morgan fingerprint density at radius 2 is 1.85 bits per heavy atom. The number of benzene rings is 2. The first-order valence-electron chi connectivity index (χ1n) is 7.33. The molecule has 0 saturated heterocycles. The van der Waals surface area contributed by atoms with E-state index in [2.05, 4.69) is 5.10 Å². The Labute approximate surface area is 148 Å². The molecule has 1 aromatic heterocycles. The van der Waals surface area contributed by atoms with Crippen molar-refractivity contribution in [2.45, 2.75) is 4.90 Å². The number of nitrogens with zero attached hydrogens (tertiary/aromatic N) is 3. The van der Waals surface area contributed by atoms with Crippen molar-refractivity contribution >= 4 is 21.5 Å². The number of non-ortho nitro benzene ring substituents is 1. The Morgan fingerprint density at radius 3 is 2.46 bits per heavy atom. The topological polar surface area (TPSA) is 130 Å². The van der Waals surface area contributed by atoms with Crippen LogP contribution in [0.3, 0.4) is 0 Å². The van der Waals surface area contributed by atoms with E-state index in [1.807, 2.05) is 0 Å². The van der Waals surface area contributed by atoms with Crippen molar-refractivity contribution in [1.29, 1.82) is 0 Å². The molecule has 0 saturated carbocycles. The fourth-order valence-electron chi connectivity index (χ4n) is 2.34. The quantitative estimate of drug-likeness (QED) is 0.535. The molecule has 2 aromatic carbocycles. The maximum atomic E-state index is 12.7. The van der Waals surface area contributed by atoms with Crippen LogP contribution in [0.25, 0.3) is 11.3 Å². The molecule has 1 heterocycles. The van der Waals surface area contributed by atoms with Crippen molar-refractivity contribution in [3.63, 3.8) is 0 Å². The summed E-state index contributed by atoms with van der Waals surface area (Å²) in [5, 5.41) is 14.8. The van der Waals surface area contributed by atoms with Crippen LogP contribution in [0.5, 0.6) is 5.75 Å². The number of anilines is 1. The molecule has 0 spiro atoms. The molecule has 0 amide bonds. The van der Waals surface area contributed by atoms with E-state index < -0.39 is 14.9 Å². The van der Waals surface area contributed by atoms with E-state index in [4.69, 9.17) is 10.5 Å². The standard InChI is InChI=1S/C16H14N4O5S/c1-25-13-4-2-3-11(9-13)15-10-16(17)19(18-15)26(23,24)14-7-5-12(6-8-14)20(21)22/h2-10H,17H2,1H3. The average molecular weight is 374 g/mol. The van der Waals surface area contributed by atoms with Crippen molar-refractivity contribution in [2.24, 2.45) is 0 Å². The number of nitro groups is 1. The summed E-state index contributed by atoms with van der Waals surface area (Å²) in [5.41, 5.74) is 6.61. The zero-order valence-electron chi connectivity index (χ0n) is 13.6. The van der Waals surface area contributed by atoms with Crippen LogP contribution in [-0.2, 0) is 10.0 Å². The zero-order chi connectivity index (χ0) is 18.9. The van der Waals surface area contributed by atoms with Crippen LogP contribution in [-0.4, -0.2) is 29.6 Å². The van der Waals surface area contributed by atoms with E-state index in [9.17, 15) is 18.5 Å². The summed E-state index contributed by atoms with van der Waals surface area (Å²) in [7, 11) is -2.57. The first kappa shape index (κ1) is 17.4. The summed E-state index contributed by atoms with van der Waals surface area (Å²) in [6.07, 6.45) is 0. The zero-order valence-corrected chi connectivity index (χ0v) is 14.4. The van der Waals surface area contributed by atoms with Crippen molar-refractivity contribution < 1.29 is 18.1 Å². The van der Waals surface area contributed by atoms with Crippen molar-refractivity contribution in [1.82, 2.24) is 9.19 Å². The predicted molar refractivity (Wildman–Crippen MR) is 94.3 cm³/mol. The molecule has 10 heteroatoms. The number of hydrogen-bond donors (Lipinski definition) is 1. The van der Waals surface area contributed by atoms with Gasteiger partial charge in [-0.05, 0) is 24.3 Å². The van der Waals surface area contributed by atoms with Gasteiger partial charge in [-0.1, -0.05) is 12.1 Å². The summed E-state index contributed by atoms with van der Waals surface area (Å²) in [5.74, 6) is 0.509. The molecule has 0 atom stereocenters. The average Bonchev–Trinajstić information content (AvgIpc) is 3.04. The molecule has 0 fully saturated rings. The molecule has 0 aliphatic heterocycles. The molecule has 3 rings (SSSR count). The molecule has 0 bridgehead atoms. The molecule has 26 heavy (non-hydrogen) atoms. The van der Waals surface area contributed by atoms with Crippen molar-refractivity contribution in [2.75, 3.05) is 12.8 Å². The second kappa shape index (κ2) is 6.48. The van der Waals surface area contributed by atoms with E-state index in [1.165, 1.54) is 13.2 Å². The van der Waals surface area contributed by atoms with E-state index in [0.29, 0.717) is 21.1 Å². The van der Waals surface area contributed by atoms with Gasteiger partial charge in [-0.15, -0.1) is 4.09 Å². The lowest BCUT2D eigenvalue weighted by molar-refractivity contribution is -0.384. The lowest BCUT2D eigenvalue weighted by atomic mass is 10.1. The molecular weight excluding hydrogens is 360 g/mol. The Morgan fingerprint density at radius 1 is 1.15 bits per heavy atom. The molecular formula is C16H14N4O5S. The fraction of sp³-hybridized carbons (Fsp3) is 0.0625. The fourth-order valence-corrected chi connectivity index (χ4v) is 3.54. The Bertz CT molecular complexity index is 1070. The van der Waals surface area contributed by atoms with Gasteiger partial charge in [0.2, 0.25) is 0 Å². The predicted octanol–water partition coefficient (Wildman–Crippen LogP) is 2.29. The molecule has 0 unspecified atom stereocenters. The monoisotopic (exact) mass is 374 g/mol. The minimum absolute atomic E-state index is 0.0822. The van der Waals surface area contributed by atoms with Gasteiger partial charge in [-0.2, -0.15) is 13.5 Å². The summed E-state index contributed by atoms with van der Waals surface area (Å²) in [6.45, 7) is 0. The maximum absolute atomic E-state index is 12.7. The van der Waals surface area contributed by atoms with Crippen LogP contribution in [0.1, 0.15) is 0 Å². The van der Waals surface area contributed by atoms with Crippen LogP contribution in [0, 0.1) is 10.1 Å². The lowest BCUT2D eigenvalue weighted by Crippen LogP contribution is -2.16. The number of nitrogens with two attached hydrogens (primary N) is 1. The maximum Gasteiger partial charge on any atom is 0.284 e. The van der Waals surface area contributed by atoms with Crippen molar-refractivity contribution in [3.8, 4) is 17.0 Å². The highest BCUT2D eigenvalue weighted by Crippen LogP contribution is 2.27. The highest BCUT2D eigenvalue weighted by molar-refractivity contribution is 7.90. The first-order chi connectivity index (χ1) is 12.3. The largest absolute Gasteiger partial charge is 0.497 e. The third-order valence-electron chi connectivity index (χ3n) is 3.64. The normalized spacial score (nSPS) is 11.3. The van der Waals surface area contributed by atoms with Gasteiger partial charge in [0.25, 0.3) is 15.7 Å². The lowest BCUT2D eigenvalue weighted by Gasteiger charge is -2.06. The molecule has 0 radical (unpaired) electrons. The molecule has 0 aliphatic carbocycles. The molecule has 0 aliphatic rings. The third-order valence-corrected chi connectivity index (χ3v) is 5.26. The number of hydrogen-bond acceptors (Lipinski definition) is 7. The number of rotatable bonds is 5. The molecule has 3 aromatic rings. The number of nitrogen functional groups attached to an aromatic ring is 1. The highest BCUT2D eigenvalue weighted by atomic mass is 32.2. The van der Waals surface area contributed by atoms with Crippen LogP contribution < -0.4 is 10.5 Å². The van der Waals surface area contributed by atoms with E-state index >= 15 is 0 Å². The number of methoxy groups -OCH3 is 1. The molecule has 134 valence electrons. The number of aromatic nitrogens is 2. The van der Waals surface area contributed by atoms with Gasteiger partial charge in [0.15, 0.2) is 0 Å². The van der Waals surface area contributed by atoms with Crippen LogP contribution in [0.2, 0.25) is 0 Å². The highest BCUT2D eigenvalue weighted by Gasteiger charge is 2.23. The molecule has 2 N–H and O–H groups in total. The second-order valence-electron chi connectivity index (χ2n) is 5.29. The summed E-state index contributed by atoms with van der Waals surface area (Å²) in [4.78, 5) is 9.94. The Hall–Kier alpha value is -3.40. The van der Waals surface area contributed by atoms with Gasteiger partial charge in [-0.25, -0.2) is 0 Å².